The van der Waals surface area contributed by atoms with Gasteiger partial charge < -0.3 is 0 Å². The minimum Gasteiger partial charge on any atom is -0.227 e. The molecule has 4 aromatic carbocycles. The van der Waals surface area contributed by atoms with Gasteiger partial charge in [-0.3, -0.25) is 0 Å². The average molecular weight is 810 g/mol. The molecule has 284 valence electrons. The van der Waals surface area contributed by atoms with E-state index in [1.807, 2.05) is 0 Å². The second-order valence-corrected chi connectivity index (χ2v) is 12.3. The van der Waals surface area contributed by atoms with Gasteiger partial charge in [-0.05, 0) is 0 Å². The molecule has 0 fully saturated rings. The maximum Gasteiger partial charge on any atom is 0.200 e. The van der Waals surface area contributed by atoms with Gasteiger partial charge in [0.25, 0.3) is 0 Å². The summed E-state index contributed by atoms with van der Waals surface area (Å²) in [5.41, 5.74) is -10.0. The van der Waals surface area contributed by atoms with Crippen LogP contribution >= 0.6 is 0 Å². The summed E-state index contributed by atoms with van der Waals surface area (Å²) in [6.07, 6.45) is -2.59. The lowest BCUT2D eigenvalue weighted by Crippen LogP contribution is -2.25. The standard InChI is InChI=1S/C30H6F20O2S/c31-11-5(12(32)20(40)27(47)19(11)39)1-3-7(9-15(35)23(43)29(49)24(44)16(9)36)53(51,52)8(10-17(37)25(45)30(50)26(46)18(10)38)4-2-6-13(33)21(41)28(48)22(42)14(6)34/h1-4,7-8H/b3-1+,4-2+. The summed E-state index contributed by atoms with van der Waals surface area (Å²) >= 11 is 0. The fraction of sp³-hybridized carbons (Fsp3) is 0.0667. The summed E-state index contributed by atoms with van der Waals surface area (Å²) in [5.74, 6) is -59.8. The second kappa shape index (κ2) is 14.4. The highest BCUT2D eigenvalue weighted by molar-refractivity contribution is 7.92. The van der Waals surface area contributed by atoms with Gasteiger partial charge in [-0.25, -0.2) is 96.2 Å². The van der Waals surface area contributed by atoms with Crippen molar-refractivity contribution in [2.24, 2.45) is 0 Å². The van der Waals surface area contributed by atoms with E-state index in [9.17, 15) is 78.7 Å². The van der Waals surface area contributed by atoms with Crippen molar-refractivity contribution in [1.82, 2.24) is 0 Å². The zero-order valence-corrected chi connectivity index (χ0v) is 25.1. The fourth-order valence-corrected chi connectivity index (χ4v) is 6.53. The lowest BCUT2D eigenvalue weighted by Gasteiger charge is -2.24. The van der Waals surface area contributed by atoms with Crippen molar-refractivity contribution in [1.29, 1.82) is 0 Å². The molecule has 0 radical (unpaired) electrons. The molecule has 23 heteroatoms. The van der Waals surface area contributed by atoms with E-state index in [0.29, 0.717) is 0 Å². The van der Waals surface area contributed by atoms with Crippen LogP contribution in [0.4, 0.5) is 87.8 Å². The third-order valence-corrected chi connectivity index (χ3v) is 9.33. The molecule has 0 amide bonds. The van der Waals surface area contributed by atoms with Crippen molar-refractivity contribution >= 4 is 22.0 Å². The van der Waals surface area contributed by atoms with Gasteiger partial charge in [0.05, 0.1) is 22.3 Å². The Morgan fingerprint density at radius 2 is 0.453 bits per heavy atom. The highest BCUT2D eigenvalue weighted by atomic mass is 32.2. The van der Waals surface area contributed by atoms with Crippen molar-refractivity contribution in [3.05, 3.63) is 151 Å². The predicted octanol–water partition coefficient (Wildman–Crippen LogP) is 10.1. The molecule has 0 aromatic heterocycles. The fourth-order valence-electron chi connectivity index (χ4n) is 4.54. The quantitative estimate of drug-likeness (QED) is 0.101. The molecule has 4 rings (SSSR count). The van der Waals surface area contributed by atoms with Gasteiger partial charge in [0.15, 0.2) is 103 Å². The summed E-state index contributed by atoms with van der Waals surface area (Å²) in [6.45, 7) is 0. The van der Waals surface area contributed by atoms with Gasteiger partial charge in [-0.2, -0.15) is 0 Å². The molecule has 0 bridgehead atoms. The van der Waals surface area contributed by atoms with Crippen LogP contribution in [0.3, 0.4) is 0 Å². The van der Waals surface area contributed by atoms with Gasteiger partial charge in [0, 0.05) is 0 Å². The summed E-state index contributed by atoms with van der Waals surface area (Å²) in [4.78, 5) is 0. The number of benzene rings is 4. The molecule has 0 saturated carbocycles. The highest BCUT2D eigenvalue weighted by Crippen LogP contribution is 2.43. The minimum atomic E-state index is -6.86. The Bertz CT molecular complexity index is 2110. The molecule has 0 heterocycles. The molecule has 0 aliphatic rings. The van der Waals surface area contributed by atoms with E-state index in [0.717, 1.165) is 0 Å². The highest BCUT2D eigenvalue weighted by Gasteiger charge is 2.44. The molecular formula is C30H6F20O2S. The van der Waals surface area contributed by atoms with Crippen LogP contribution in [0.25, 0.3) is 12.2 Å². The van der Waals surface area contributed by atoms with E-state index < -0.39 is 183 Å². The zero-order chi connectivity index (χ0) is 40.3. The van der Waals surface area contributed by atoms with Crippen LogP contribution in [0.5, 0.6) is 0 Å². The predicted molar refractivity (Wildman–Crippen MR) is 137 cm³/mol. The van der Waals surface area contributed by atoms with E-state index >= 15 is 17.6 Å². The lowest BCUT2D eigenvalue weighted by atomic mass is 10.1. The van der Waals surface area contributed by atoms with E-state index in [2.05, 4.69) is 0 Å². The first-order chi connectivity index (χ1) is 24.4. The van der Waals surface area contributed by atoms with Gasteiger partial charge >= 0.3 is 0 Å². The Morgan fingerprint density at radius 3 is 0.660 bits per heavy atom. The van der Waals surface area contributed by atoms with Gasteiger partial charge in [0.1, 0.15) is 10.5 Å². The lowest BCUT2D eigenvalue weighted by molar-refractivity contribution is 0.368. The first kappa shape index (κ1) is 40.7. The summed E-state index contributed by atoms with van der Waals surface area (Å²) in [6, 6.07) is 0. The number of hydrogen-bond acceptors (Lipinski definition) is 2. The molecule has 0 saturated heterocycles. The van der Waals surface area contributed by atoms with Crippen LogP contribution in [0, 0.1) is 116 Å². The Morgan fingerprint density at radius 1 is 0.283 bits per heavy atom. The molecule has 0 aliphatic heterocycles. The van der Waals surface area contributed by atoms with Crippen molar-refractivity contribution in [2.45, 2.75) is 10.5 Å². The Balaban J connectivity index is 2.20. The van der Waals surface area contributed by atoms with E-state index in [1.54, 1.807) is 0 Å². The van der Waals surface area contributed by atoms with Crippen molar-refractivity contribution in [3.63, 3.8) is 0 Å². The van der Waals surface area contributed by atoms with Crippen LogP contribution in [0.15, 0.2) is 12.2 Å². The van der Waals surface area contributed by atoms with E-state index in [1.165, 1.54) is 0 Å². The Labute approximate surface area is 279 Å². The number of rotatable bonds is 8. The number of hydrogen-bond donors (Lipinski definition) is 0. The zero-order valence-electron chi connectivity index (χ0n) is 24.2. The SMILES string of the molecule is O=S(=O)(C(/C=C/c1c(F)c(F)c(F)c(F)c1F)c1c(F)c(F)c(F)c(F)c1F)C(/C=C/c1c(F)c(F)c(F)c(F)c1F)c1c(F)c(F)c(F)c(F)c1F. The first-order valence-corrected chi connectivity index (χ1v) is 14.7. The molecule has 2 atom stereocenters. The number of halogens is 20. The largest absolute Gasteiger partial charge is 0.227 e. The third kappa shape index (κ3) is 6.47. The van der Waals surface area contributed by atoms with E-state index in [-0.39, 0.29) is 0 Å². The maximum atomic E-state index is 15.0. The summed E-state index contributed by atoms with van der Waals surface area (Å²) in [7, 11) is -6.86. The maximum absolute atomic E-state index is 15.0. The monoisotopic (exact) mass is 810 g/mol. The first-order valence-electron chi connectivity index (χ1n) is 13.1. The topological polar surface area (TPSA) is 34.1 Å². The molecule has 2 nitrogen and oxygen atoms in total. The van der Waals surface area contributed by atoms with Crippen LogP contribution < -0.4 is 0 Å². The summed E-state index contributed by atoms with van der Waals surface area (Å²) in [5, 5.41) is -8.02. The molecule has 0 spiro atoms. The molecule has 4 aromatic rings. The molecular weight excluding hydrogens is 804 g/mol. The van der Waals surface area contributed by atoms with Crippen LogP contribution in [0.2, 0.25) is 0 Å². The average Bonchev–Trinajstić information content (AvgIpc) is 3.12. The smallest absolute Gasteiger partial charge is 0.200 e. The van der Waals surface area contributed by atoms with Gasteiger partial charge in [0.2, 0.25) is 23.3 Å². The van der Waals surface area contributed by atoms with Gasteiger partial charge in [-0.15, -0.1) is 0 Å². The van der Waals surface area contributed by atoms with Crippen molar-refractivity contribution < 1.29 is 96.2 Å². The number of sulfone groups is 1. The Kier molecular flexibility index (Phi) is 11.0. The minimum absolute atomic E-state index is 0.611. The van der Waals surface area contributed by atoms with Crippen molar-refractivity contribution in [3.8, 4) is 0 Å². The van der Waals surface area contributed by atoms with Crippen LogP contribution in [-0.4, -0.2) is 8.42 Å². The molecule has 0 aliphatic carbocycles. The van der Waals surface area contributed by atoms with Gasteiger partial charge in [-0.1, -0.05) is 24.3 Å². The van der Waals surface area contributed by atoms with Crippen LogP contribution in [0.1, 0.15) is 32.8 Å². The second-order valence-electron chi connectivity index (χ2n) is 10.1. The van der Waals surface area contributed by atoms with E-state index in [4.69, 9.17) is 0 Å². The molecule has 0 N–H and O–H groups in total. The van der Waals surface area contributed by atoms with Crippen LogP contribution in [-0.2, 0) is 9.84 Å². The van der Waals surface area contributed by atoms with Crippen molar-refractivity contribution in [2.75, 3.05) is 0 Å². The molecule has 53 heavy (non-hydrogen) atoms. The molecule has 2 unspecified atom stereocenters. The summed E-state index contributed by atoms with van der Waals surface area (Å²) < 4.78 is 313. The third-order valence-electron chi connectivity index (χ3n) is 7.13. The normalized spacial score (nSPS) is 13.5. The Hall–Kier alpha value is -5.09.